The summed E-state index contributed by atoms with van der Waals surface area (Å²) in [6, 6.07) is 15.2. The van der Waals surface area contributed by atoms with Crippen LogP contribution in [0.4, 0.5) is 11.4 Å². The molecule has 3 aromatic rings. The summed E-state index contributed by atoms with van der Waals surface area (Å²) >= 11 is 0. The fourth-order valence-electron chi connectivity index (χ4n) is 3.29. The summed E-state index contributed by atoms with van der Waals surface area (Å²) in [4.78, 5) is 23.0. The Bertz CT molecular complexity index is 1270. The van der Waals surface area contributed by atoms with Crippen LogP contribution in [0.15, 0.2) is 70.5 Å². The fraction of sp³-hybridized carbons (Fsp3) is 0.136. The van der Waals surface area contributed by atoms with Gasteiger partial charge in [0.05, 0.1) is 35.2 Å². The molecular formula is C22H20N2O7S. The van der Waals surface area contributed by atoms with Crippen molar-refractivity contribution in [2.45, 2.75) is 16.2 Å². The molecule has 0 saturated carbocycles. The zero-order valence-corrected chi connectivity index (χ0v) is 18.1. The van der Waals surface area contributed by atoms with E-state index in [9.17, 15) is 23.3 Å². The SMILES string of the molecule is COC(=O)c1cc(S(=O)(=O)c2ccc(OC)cc2)c(N)c([N+](=O)[O-])c1Cc1ccccc1. The first kappa shape index (κ1) is 22.8. The highest BCUT2D eigenvalue weighted by molar-refractivity contribution is 7.91. The van der Waals surface area contributed by atoms with E-state index in [-0.39, 0.29) is 22.4 Å². The van der Waals surface area contributed by atoms with Crippen LogP contribution in [0.25, 0.3) is 0 Å². The summed E-state index contributed by atoms with van der Waals surface area (Å²) in [5, 5.41) is 12.0. The van der Waals surface area contributed by atoms with Crippen LogP contribution in [-0.2, 0) is 21.0 Å². The lowest BCUT2D eigenvalue weighted by Gasteiger charge is -2.15. The van der Waals surface area contributed by atoms with Crippen LogP contribution >= 0.6 is 0 Å². The molecule has 0 saturated heterocycles. The van der Waals surface area contributed by atoms with Crippen molar-refractivity contribution in [3.8, 4) is 5.75 Å². The van der Waals surface area contributed by atoms with E-state index in [0.717, 1.165) is 13.2 Å². The summed E-state index contributed by atoms with van der Waals surface area (Å²) < 4.78 is 36.3. The number of sulfone groups is 1. The minimum atomic E-state index is -4.30. The van der Waals surface area contributed by atoms with Crippen molar-refractivity contribution in [2.24, 2.45) is 0 Å². The van der Waals surface area contributed by atoms with Gasteiger partial charge in [-0.3, -0.25) is 10.1 Å². The predicted octanol–water partition coefficient (Wildman–Crippen LogP) is 3.40. The molecule has 0 fully saturated rings. The molecule has 32 heavy (non-hydrogen) atoms. The number of ether oxygens (including phenoxy) is 2. The van der Waals surface area contributed by atoms with Crippen LogP contribution in [0.2, 0.25) is 0 Å². The maximum atomic E-state index is 13.3. The molecule has 2 N–H and O–H groups in total. The van der Waals surface area contributed by atoms with Gasteiger partial charge in [-0.15, -0.1) is 0 Å². The molecule has 0 bridgehead atoms. The first-order valence-corrected chi connectivity index (χ1v) is 10.8. The molecule has 10 heteroatoms. The lowest BCUT2D eigenvalue weighted by Crippen LogP contribution is -2.15. The van der Waals surface area contributed by atoms with E-state index in [1.54, 1.807) is 30.3 Å². The van der Waals surface area contributed by atoms with E-state index in [2.05, 4.69) is 0 Å². The largest absolute Gasteiger partial charge is 0.497 e. The highest BCUT2D eigenvalue weighted by atomic mass is 32.2. The second kappa shape index (κ2) is 9.06. The number of hydrogen-bond acceptors (Lipinski definition) is 8. The third-order valence-corrected chi connectivity index (χ3v) is 6.69. The molecule has 0 atom stereocenters. The van der Waals surface area contributed by atoms with Gasteiger partial charge in [-0.05, 0) is 35.9 Å². The number of hydrogen-bond donors (Lipinski definition) is 1. The summed E-state index contributed by atoms with van der Waals surface area (Å²) in [5.41, 5.74) is 5.23. The first-order valence-electron chi connectivity index (χ1n) is 9.31. The highest BCUT2D eigenvalue weighted by Crippen LogP contribution is 2.39. The average Bonchev–Trinajstić information content (AvgIpc) is 2.79. The van der Waals surface area contributed by atoms with Gasteiger partial charge < -0.3 is 15.2 Å². The fourth-order valence-corrected chi connectivity index (χ4v) is 4.69. The van der Waals surface area contributed by atoms with E-state index in [4.69, 9.17) is 15.2 Å². The van der Waals surface area contributed by atoms with Crippen molar-refractivity contribution >= 4 is 27.2 Å². The Labute approximate surface area is 184 Å². The van der Waals surface area contributed by atoms with E-state index < -0.39 is 37.0 Å². The molecule has 0 aliphatic heterocycles. The maximum Gasteiger partial charge on any atom is 0.338 e. The number of nitro groups is 1. The summed E-state index contributed by atoms with van der Waals surface area (Å²) in [7, 11) is -1.76. The molecule has 0 aromatic heterocycles. The molecular weight excluding hydrogens is 436 g/mol. The molecule has 3 rings (SSSR count). The minimum Gasteiger partial charge on any atom is -0.497 e. The van der Waals surface area contributed by atoms with Gasteiger partial charge >= 0.3 is 5.97 Å². The Balaban J connectivity index is 2.29. The Morgan fingerprint density at radius 2 is 1.69 bits per heavy atom. The number of nitrogen functional groups attached to an aromatic ring is 1. The Kier molecular flexibility index (Phi) is 6.45. The first-order chi connectivity index (χ1) is 15.2. The van der Waals surface area contributed by atoms with E-state index in [1.807, 2.05) is 0 Å². The average molecular weight is 456 g/mol. The van der Waals surface area contributed by atoms with Gasteiger partial charge in [0, 0.05) is 6.42 Å². The van der Waals surface area contributed by atoms with Gasteiger partial charge in [0.15, 0.2) is 0 Å². The van der Waals surface area contributed by atoms with Gasteiger partial charge in [0.1, 0.15) is 16.3 Å². The lowest BCUT2D eigenvalue weighted by atomic mass is 9.97. The van der Waals surface area contributed by atoms with Crippen molar-refractivity contribution in [3.05, 3.63) is 87.5 Å². The third-order valence-electron chi connectivity index (χ3n) is 4.88. The van der Waals surface area contributed by atoms with Gasteiger partial charge in [-0.25, -0.2) is 13.2 Å². The molecule has 0 spiro atoms. The van der Waals surface area contributed by atoms with Gasteiger partial charge in [0.2, 0.25) is 9.84 Å². The number of carbonyl (C=O) groups is 1. The topological polar surface area (TPSA) is 139 Å². The molecule has 0 heterocycles. The summed E-state index contributed by atoms with van der Waals surface area (Å²) in [6.45, 7) is 0. The number of esters is 1. The zero-order chi connectivity index (χ0) is 23.5. The Morgan fingerprint density at radius 3 is 2.22 bits per heavy atom. The number of nitro benzene ring substituents is 1. The minimum absolute atomic E-state index is 0.0192. The number of methoxy groups -OCH3 is 2. The number of carbonyl (C=O) groups excluding carboxylic acids is 1. The summed E-state index contributed by atoms with van der Waals surface area (Å²) in [5.74, 6) is -0.485. The third kappa shape index (κ3) is 4.26. The quantitative estimate of drug-likeness (QED) is 0.247. The van der Waals surface area contributed by atoms with Crippen LogP contribution in [0.3, 0.4) is 0 Å². The molecule has 166 valence electrons. The summed E-state index contributed by atoms with van der Waals surface area (Å²) in [6.07, 6.45) is -0.0192. The van der Waals surface area contributed by atoms with Crippen molar-refractivity contribution in [1.82, 2.24) is 0 Å². The van der Waals surface area contributed by atoms with Crippen LogP contribution in [-0.4, -0.2) is 33.5 Å². The second-order valence-corrected chi connectivity index (χ2v) is 8.67. The molecule has 0 unspecified atom stereocenters. The second-order valence-electron chi connectivity index (χ2n) is 6.75. The lowest BCUT2D eigenvalue weighted by molar-refractivity contribution is -0.384. The maximum absolute atomic E-state index is 13.3. The van der Waals surface area contributed by atoms with Crippen molar-refractivity contribution in [3.63, 3.8) is 0 Å². The normalized spacial score (nSPS) is 11.1. The van der Waals surface area contributed by atoms with Gasteiger partial charge in [0.25, 0.3) is 5.69 Å². The predicted molar refractivity (Wildman–Crippen MR) is 117 cm³/mol. The van der Waals surface area contributed by atoms with E-state index in [0.29, 0.717) is 11.3 Å². The molecule has 0 aliphatic carbocycles. The number of rotatable bonds is 7. The van der Waals surface area contributed by atoms with Crippen molar-refractivity contribution in [1.29, 1.82) is 0 Å². The Morgan fingerprint density at radius 1 is 1.06 bits per heavy atom. The highest BCUT2D eigenvalue weighted by Gasteiger charge is 2.33. The van der Waals surface area contributed by atoms with E-state index in [1.165, 1.54) is 31.4 Å². The Hall–Kier alpha value is -3.92. The number of nitrogens with two attached hydrogens (primary N) is 1. The molecule has 0 aliphatic rings. The van der Waals surface area contributed by atoms with Gasteiger partial charge in [-0.2, -0.15) is 0 Å². The monoisotopic (exact) mass is 456 g/mol. The molecule has 0 amide bonds. The number of anilines is 1. The number of nitrogens with zero attached hydrogens (tertiary/aromatic N) is 1. The standard InChI is InChI=1S/C22H20N2O7S/c1-30-15-8-10-16(11-9-15)32(28,29)19-13-18(22(25)31-2)17(21(20(19)23)24(26)27)12-14-6-4-3-5-7-14/h3-11,13H,12,23H2,1-2H3. The van der Waals surface area contributed by atoms with Crippen LogP contribution in [0.5, 0.6) is 5.75 Å². The zero-order valence-electron chi connectivity index (χ0n) is 17.3. The number of benzene rings is 3. The van der Waals surface area contributed by atoms with Crippen molar-refractivity contribution in [2.75, 3.05) is 20.0 Å². The van der Waals surface area contributed by atoms with Crippen LogP contribution < -0.4 is 10.5 Å². The van der Waals surface area contributed by atoms with Crippen LogP contribution in [0.1, 0.15) is 21.5 Å². The van der Waals surface area contributed by atoms with Gasteiger partial charge in [-0.1, -0.05) is 30.3 Å². The molecule has 9 nitrogen and oxygen atoms in total. The molecule has 0 radical (unpaired) electrons. The van der Waals surface area contributed by atoms with Crippen molar-refractivity contribution < 1.29 is 27.6 Å². The van der Waals surface area contributed by atoms with E-state index >= 15 is 0 Å². The smallest absolute Gasteiger partial charge is 0.338 e. The molecule has 3 aromatic carbocycles. The van der Waals surface area contributed by atoms with Crippen LogP contribution in [0, 0.1) is 10.1 Å².